The molecule has 0 aromatic heterocycles. The van der Waals surface area contributed by atoms with E-state index in [1.807, 2.05) is 0 Å². The summed E-state index contributed by atoms with van der Waals surface area (Å²) in [6.45, 7) is 7.37. The van der Waals surface area contributed by atoms with Crippen LogP contribution >= 0.6 is 0 Å². The molecule has 0 radical (unpaired) electrons. The number of carbonyl (C=O) groups excluding carboxylic acids is 1. The molecule has 4 rings (SSSR count). The first-order valence-electron chi connectivity index (χ1n) is 11.5. The van der Waals surface area contributed by atoms with E-state index in [-0.39, 0.29) is 0 Å². The molecule has 4 aliphatic rings. The second kappa shape index (κ2) is 6.88. The summed E-state index contributed by atoms with van der Waals surface area (Å²) >= 11 is 0. The van der Waals surface area contributed by atoms with Gasteiger partial charge in [0, 0.05) is 19.3 Å². The third kappa shape index (κ3) is 3.08. The first kappa shape index (κ1) is 19.5. The lowest BCUT2D eigenvalue weighted by Crippen LogP contribution is -2.53. The van der Waals surface area contributed by atoms with Crippen LogP contribution in [0.2, 0.25) is 0 Å². The normalized spacial score (nSPS) is 47.7. The van der Waals surface area contributed by atoms with Gasteiger partial charge in [0.15, 0.2) is 0 Å². The Kier molecular flexibility index (Phi) is 4.96. The number of hydrogen-bond acceptors (Lipinski definition) is 2. The molecule has 4 fully saturated rings. The third-order valence-corrected chi connectivity index (χ3v) is 10.1. The molecule has 0 aliphatic heterocycles. The van der Waals surface area contributed by atoms with Gasteiger partial charge >= 0.3 is 5.97 Å². The van der Waals surface area contributed by atoms with Crippen molar-refractivity contribution >= 4 is 11.8 Å². The number of fused-ring (bicyclic) bond motifs is 5. The Bertz CT molecular complexity index is 613. The minimum Gasteiger partial charge on any atom is -0.481 e. The van der Waals surface area contributed by atoms with Crippen LogP contribution in [0.1, 0.15) is 91.4 Å². The molecule has 0 spiro atoms. The first-order chi connectivity index (χ1) is 12.8. The highest BCUT2D eigenvalue weighted by atomic mass is 16.4. The lowest BCUT2D eigenvalue weighted by molar-refractivity contribution is -0.140. The van der Waals surface area contributed by atoms with E-state index in [0.717, 1.165) is 43.4 Å². The zero-order valence-corrected chi connectivity index (χ0v) is 17.5. The van der Waals surface area contributed by atoms with Crippen LogP contribution in [0.25, 0.3) is 0 Å². The summed E-state index contributed by atoms with van der Waals surface area (Å²) < 4.78 is 0. The lowest BCUT2D eigenvalue weighted by atomic mass is 9.44. The zero-order chi connectivity index (χ0) is 19.4. The van der Waals surface area contributed by atoms with Crippen molar-refractivity contribution < 1.29 is 14.7 Å². The molecule has 0 aromatic carbocycles. The number of aliphatic carboxylic acids is 1. The van der Waals surface area contributed by atoms with Gasteiger partial charge in [-0.15, -0.1) is 0 Å². The van der Waals surface area contributed by atoms with Crippen LogP contribution in [0.4, 0.5) is 0 Å². The van der Waals surface area contributed by atoms with Crippen LogP contribution < -0.4 is 0 Å². The van der Waals surface area contributed by atoms with Crippen LogP contribution in [0.15, 0.2) is 0 Å². The molecule has 0 bridgehead atoms. The fraction of sp³-hybridized carbons (Fsp3) is 0.917. The molecule has 152 valence electrons. The van der Waals surface area contributed by atoms with Gasteiger partial charge in [0.25, 0.3) is 0 Å². The molecule has 1 N–H and O–H groups in total. The fourth-order valence-electron chi connectivity index (χ4n) is 8.57. The summed E-state index contributed by atoms with van der Waals surface area (Å²) in [4.78, 5) is 23.1. The van der Waals surface area contributed by atoms with Gasteiger partial charge in [-0.1, -0.05) is 20.8 Å². The van der Waals surface area contributed by atoms with Crippen molar-refractivity contribution in [2.45, 2.75) is 91.4 Å². The summed E-state index contributed by atoms with van der Waals surface area (Å²) in [6, 6.07) is 0. The number of rotatable bonds is 4. The maximum Gasteiger partial charge on any atom is 0.303 e. The molecule has 0 amide bonds. The van der Waals surface area contributed by atoms with Crippen molar-refractivity contribution in [3.05, 3.63) is 0 Å². The molecule has 4 saturated carbocycles. The molecule has 3 nitrogen and oxygen atoms in total. The van der Waals surface area contributed by atoms with Crippen molar-refractivity contribution in [1.82, 2.24) is 0 Å². The number of ketones is 1. The van der Waals surface area contributed by atoms with E-state index in [1.54, 1.807) is 0 Å². The molecule has 8 atom stereocenters. The summed E-state index contributed by atoms with van der Waals surface area (Å²) in [5.41, 5.74) is 0.804. The van der Waals surface area contributed by atoms with Gasteiger partial charge in [-0.25, -0.2) is 0 Å². The second-order valence-electron chi connectivity index (χ2n) is 11.0. The number of carboxylic acids is 1. The minimum atomic E-state index is -0.650. The monoisotopic (exact) mass is 374 g/mol. The number of carbonyl (C=O) groups is 2. The van der Waals surface area contributed by atoms with Crippen LogP contribution in [-0.2, 0) is 9.59 Å². The molecule has 3 heteroatoms. The lowest BCUT2D eigenvalue weighted by Gasteiger charge is -2.60. The van der Waals surface area contributed by atoms with Crippen molar-refractivity contribution in [3.63, 3.8) is 0 Å². The largest absolute Gasteiger partial charge is 0.481 e. The Labute approximate surface area is 164 Å². The van der Waals surface area contributed by atoms with Gasteiger partial charge in [-0.2, -0.15) is 0 Å². The topological polar surface area (TPSA) is 54.4 Å². The molecule has 27 heavy (non-hydrogen) atoms. The summed E-state index contributed by atoms with van der Waals surface area (Å²) in [7, 11) is 0. The van der Waals surface area contributed by atoms with E-state index in [1.165, 1.54) is 38.5 Å². The first-order valence-corrected chi connectivity index (χ1v) is 11.5. The fourth-order valence-corrected chi connectivity index (χ4v) is 8.57. The second-order valence-corrected chi connectivity index (χ2v) is 11.0. The maximum absolute atomic E-state index is 12.0. The van der Waals surface area contributed by atoms with E-state index < -0.39 is 5.97 Å². The van der Waals surface area contributed by atoms with Gasteiger partial charge in [-0.05, 0) is 97.7 Å². The SMILES string of the molecule is CC(CCC(=O)O)C1CCC2C3CCC4CC(=O)CC[C@]4(C)C3CC[C@]12C. The average Bonchev–Trinajstić information content (AvgIpc) is 2.97. The van der Waals surface area contributed by atoms with Crippen molar-refractivity contribution in [2.24, 2.45) is 46.3 Å². The van der Waals surface area contributed by atoms with E-state index in [9.17, 15) is 9.59 Å². The summed E-state index contributed by atoms with van der Waals surface area (Å²) in [6.07, 6.45) is 11.8. The van der Waals surface area contributed by atoms with Gasteiger partial charge < -0.3 is 5.11 Å². The number of hydrogen-bond donors (Lipinski definition) is 1. The van der Waals surface area contributed by atoms with E-state index in [2.05, 4.69) is 20.8 Å². The zero-order valence-electron chi connectivity index (χ0n) is 17.5. The highest BCUT2D eigenvalue weighted by molar-refractivity contribution is 5.79. The Balaban J connectivity index is 1.52. The predicted octanol–water partition coefficient (Wildman–Crippen LogP) is 5.72. The Hall–Kier alpha value is -0.860. The molecule has 0 heterocycles. The Morgan fingerprint density at radius 1 is 1.07 bits per heavy atom. The molecule has 0 saturated heterocycles. The van der Waals surface area contributed by atoms with Gasteiger partial charge in [0.1, 0.15) is 5.78 Å². The predicted molar refractivity (Wildman–Crippen MR) is 106 cm³/mol. The minimum absolute atomic E-state index is 0.318. The number of Topliss-reactive ketones (excluding diaryl/α,β-unsaturated/α-hetero) is 1. The van der Waals surface area contributed by atoms with Crippen LogP contribution in [0.5, 0.6) is 0 Å². The van der Waals surface area contributed by atoms with Gasteiger partial charge in [-0.3, -0.25) is 9.59 Å². The maximum atomic E-state index is 12.0. The van der Waals surface area contributed by atoms with Crippen LogP contribution in [0, 0.1) is 46.3 Å². The van der Waals surface area contributed by atoms with E-state index in [0.29, 0.717) is 40.8 Å². The highest BCUT2D eigenvalue weighted by Crippen LogP contribution is 2.68. The van der Waals surface area contributed by atoms with Crippen molar-refractivity contribution in [3.8, 4) is 0 Å². The van der Waals surface area contributed by atoms with Gasteiger partial charge in [0.2, 0.25) is 0 Å². The molecular formula is C24H38O3. The van der Waals surface area contributed by atoms with Crippen LogP contribution in [-0.4, -0.2) is 16.9 Å². The Morgan fingerprint density at radius 2 is 1.81 bits per heavy atom. The molecular weight excluding hydrogens is 336 g/mol. The quantitative estimate of drug-likeness (QED) is 0.685. The average molecular weight is 375 g/mol. The Morgan fingerprint density at radius 3 is 2.56 bits per heavy atom. The number of carboxylic acid groups (broad SMARTS) is 1. The standard InChI is InChI=1S/C24H38O3/c1-15(4-9-22(26)27)19-7-8-20-18-6-5-16-14-17(25)10-12-23(16,2)21(18)11-13-24(19,20)3/h15-16,18-21H,4-14H2,1-3H3,(H,26,27)/t15?,16?,18?,19?,20?,21?,23-,24+/m0/s1. The smallest absolute Gasteiger partial charge is 0.303 e. The summed E-state index contributed by atoms with van der Waals surface area (Å²) in [5, 5.41) is 9.09. The van der Waals surface area contributed by atoms with E-state index >= 15 is 0 Å². The van der Waals surface area contributed by atoms with E-state index in [4.69, 9.17) is 5.11 Å². The van der Waals surface area contributed by atoms with Crippen LogP contribution in [0.3, 0.4) is 0 Å². The molecule has 4 aliphatic carbocycles. The van der Waals surface area contributed by atoms with Gasteiger partial charge in [0.05, 0.1) is 0 Å². The molecule has 0 aromatic rings. The van der Waals surface area contributed by atoms with Crippen molar-refractivity contribution in [2.75, 3.05) is 0 Å². The summed E-state index contributed by atoms with van der Waals surface area (Å²) in [5.74, 6) is 4.19. The van der Waals surface area contributed by atoms with Crippen molar-refractivity contribution in [1.29, 1.82) is 0 Å². The molecule has 6 unspecified atom stereocenters. The third-order valence-electron chi connectivity index (χ3n) is 10.1. The highest BCUT2D eigenvalue weighted by Gasteiger charge is 2.60.